The van der Waals surface area contributed by atoms with E-state index in [0.29, 0.717) is 6.54 Å². The minimum Gasteiger partial charge on any atom is -0.381 e. The van der Waals surface area contributed by atoms with E-state index in [9.17, 15) is 4.79 Å². The van der Waals surface area contributed by atoms with Gasteiger partial charge >= 0.3 is 0 Å². The number of guanidine groups is 1. The van der Waals surface area contributed by atoms with Crippen molar-refractivity contribution < 1.29 is 9.53 Å². The van der Waals surface area contributed by atoms with E-state index in [1.54, 1.807) is 25.1 Å². The van der Waals surface area contributed by atoms with Crippen LogP contribution in [0, 0.1) is 5.41 Å². The molecule has 1 unspecified atom stereocenters. The summed E-state index contributed by atoms with van der Waals surface area (Å²) in [6.07, 6.45) is 4.05. The number of nitrogens with zero attached hydrogens (tertiary/aromatic N) is 3. The summed E-state index contributed by atoms with van der Waals surface area (Å²) in [7, 11) is 3.49. The Bertz CT molecular complexity index is 414. The van der Waals surface area contributed by atoms with Gasteiger partial charge in [-0.05, 0) is 12.8 Å². The molecule has 1 atom stereocenters. The molecule has 0 bridgehead atoms. The number of rotatable bonds is 4. The summed E-state index contributed by atoms with van der Waals surface area (Å²) in [6.45, 7) is 8.16. The van der Waals surface area contributed by atoms with E-state index in [0.717, 1.165) is 45.1 Å². The number of likely N-dealkylation sites (N-methyl/N-ethyl adjacent to an activating group) is 1. The van der Waals surface area contributed by atoms with Crippen molar-refractivity contribution in [1.29, 1.82) is 0 Å². The third-order valence-electron chi connectivity index (χ3n) is 4.19. The zero-order valence-electron chi connectivity index (χ0n) is 13.1. The maximum absolute atomic E-state index is 11.7. The number of hydrogen-bond donors (Lipinski definition) is 1. The summed E-state index contributed by atoms with van der Waals surface area (Å²) in [5, 5.41) is 3.26. The minimum atomic E-state index is 0.00557. The minimum absolute atomic E-state index is 0.00557. The standard InChI is InChI=1S/C15H26N4O2/c1-4-7-16-14(17-10-13(20)18(2)3)19-8-5-15(11-19)6-9-21-12-15/h4H,1,5-12H2,2-3H3,(H,16,17). The van der Waals surface area contributed by atoms with Crippen LogP contribution in [0.2, 0.25) is 0 Å². The van der Waals surface area contributed by atoms with Crippen molar-refractivity contribution in [3.63, 3.8) is 0 Å². The van der Waals surface area contributed by atoms with Crippen LogP contribution >= 0.6 is 0 Å². The summed E-state index contributed by atoms with van der Waals surface area (Å²) in [4.78, 5) is 20.0. The number of carbonyl (C=O) groups excluding carboxylic acids is 1. The second kappa shape index (κ2) is 6.93. The lowest BCUT2D eigenvalue weighted by molar-refractivity contribution is -0.127. The number of likely N-dealkylation sites (tertiary alicyclic amines) is 1. The van der Waals surface area contributed by atoms with Crippen molar-refractivity contribution in [2.45, 2.75) is 12.8 Å². The van der Waals surface area contributed by atoms with Crippen LogP contribution in [0.1, 0.15) is 12.8 Å². The van der Waals surface area contributed by atoms with E-state index in [4.69, 9.17) is 4.74 Å². The van der Waals surface area contributed by atoms with Gasteiger partial charge in [-0.15, -0.1) is 6.58 Å². The molecule has 0 aromatic heterocycles. The first-order chi connectivity index (χ1) is 10.1. The summed E-state index contributed by atoms with van der Waals surface area (Å²) < 4.78 is 5.56. The summed E-state index contributed by atoms with van der Waals surface area (Å²) in [5.74, 6) is 0.805. The highest BCUT2D eigenvalue weighted by Gasteiger charge is 2.42. The van der Waals surface area contributed by atoms with Gasteiger partial charge in [0, 0.05) is 45.8 Å². The van der Waals surface area contributed by atoms with E-state index >= 15 is 0 Å². The van der Waals surface area contributed by atoms with Crippen LogP contribution in [-0.2, 0) is 9.53 Å². The molecule has 1 spiro atoms. The molecule has 2 saturated heterocycles. The maximum atomic E-state index is 11.7. The fraction of sp³-hybridized carbons (Fsp3) is 0.733. The number of hydrogen-bond acceptors (Lipinski definition) is 3. The molecule has 6 heteroatoms. The van der Waals surface area contributed by atoms with Gasteiger partial charge in [-0.2, -0.15) is 0 Å². The van der Waals surface area contributed by atoms with Crippen LogP contribution in [0.3, 0.4) is 0 Å². The van der Waals surface area contributed by atoms with Crippen molar-refractivity contribution in [2.75, 3.05) is 53.5 Å². The molecule has 0 saturated carbocycles. The van der Waals surface area contributed by atoms with Gasteiger partial charge in [0.05, 0.1) is 6.61 Å². The SMILES string of the molecule is C=CCNC(=NCC(=O)N(C)C)N1CCC2(CCOC2)C1. The monoisotopic (exact) mass is 294 g/mol. The third-order valence-corrected chi connectivity index (χ3v) is 4.19. The summed E-state index contributed by atoms with van der Waals surface area (Å²) >= 11 is 0. The van der Waals surface area contributed by atoms with Gasteiger partial charge in [0.15, 0.2) is 5.96 Å². The van der Waals surface area contributed by atoms with Crippen molar-refractivity contribution in [3.05, 3.63) is 12.7 Å². The lowest BCUT2D eigenvalue weighted by atomic mass is 9.87. The highest BCUT2D eigenvalue weighted by atomic mass is 16.5. The van der Waals surface area contributed by atoms with Crippen LogP contribution in [-0.4, -0.2) is 75.2 Å². The van der Waals surface area contributed by atoms with E-state index < -0.39 is 0 Å². The lowest BCUT2D eigenvalue weighted by Gasteiger charge is -2.25. The molecule has 0 aromatic carbocycles. The number of amides is 1. The molecule has 0 aromatic rings. The first kappa shape index (κ1) is 15.8. The maximum Gasteiger partial charge on any atom is 0.243 e. The first-order valence-electron chi connectivity index (χ1n) is 7.48. The second-order valence-electron chi connectivity index (χ2n) is 6.07. The zero-order valence-corrected chi connectivity index (χ0v) is 13.1. The topological polar surface area (TPSA) is 57.2 Å². The fourth-order valence-electron chi connectivity index (χ4n) is 2.80. The largest absolute Gasteiger partial charge is 0.381 e. The Labute approximate surface area is 126 Å². The molecule has 6 nitrogen and oxygen atoms in total. The molecule has 2 aliphatic rings. The molecular formula is C15H26N4O2. The quantitative estimate of drug-likeness (QED) is 0.461. The van der Waals surface area contributed by atoms with Crippen LogP contribution in [0.5, 0.6) is 0 Å². The van der Waals surface area contributed by atoms with Crippen LogP contribution < -0.4 is 5.32 Å². The molecule has 0 radical (unpaired) electrons. The van der Waals surface area contributed by atoms with E-state index in [-0.39, 0.29) is 17.9 Å². The molecule has 2 aliphatic heterocycles. The highest BCUT2D eigenvalue weighted by molar-refractivity contribution is 5.85. The van der Waals surface area contributed by atoms with Gasteiger partial charge < -0.3 is 19.9 Å². The van der Waals surface area contributed by atoms with Crippen LogP contribution in [0.15, 0.2) is 17.6 Å². The fourth-order valence-corrected chi connectivity index (χ4v) is 2.80. The Morgan fingerprint density at radius 3 is 2.95 bits per heavy atom. The average molecular weight is 294 g/mol. The number of ether oxygens (including phenoxy) is 1. The highest BCUT2D eigenvalue weighted by Crippen LogP contribution is 2.38. The van der Waals surface area contributed by atoms with E-state index in [1.807, 2.05) is 0 Å². The van der Waals surface area contributed by atoms with Crippen molar-refractivity contribution >= 4 is 11.9 Å². The van der Waals surface area contributed by atoms with Crippen molar-refractivity contribution in [3.8, 4) is 0 Å². The average Bonchev–Trinajstić information content (AvgIpc) is 3.09. The molecule has 118 valence electrons. The van der Waals surface area contributed by atoms with Gasteiger partial charge in [-0.25, -0.2) is 4.99 Å². The van der Waals surface area contributed by atoms with E-state index in [2.05, 4.69) is 21.8 Å². The second-order valence-corrected chi connectivity index (χ2v) is 6.07. The predicted octanol–water partition coefficient (Wildman–Crippen LogP) is 0.319. The van der Waals surface area contributed by atoms with E-state index in [1.165, 1.54) is 0 Å². The Kier molecular flexibility index (Phi) is 5.22. The van der Waals surface area contributed by atoms with Crippen molar-refractivity contribution in [2.24, 2.45) is 10.4 Å². The Morgan fingerprint density at radius 2 is 2.33 bits per heavy atom. The molecule has 1 N–H and O–H groups in total. The van der Waals surface area contributed by atoms with Gasteiger partial charge in [0.25, 0.3) is 0 Å². The molecule has 2 fully saturated rings. The lowest BCUT2D eigenvalue weighted by Crippen LogP contribution is -2.42. The zero-order chi connectivity index (χ0) is 15.3. The van der Waals surface area contributed by atoms with Crippen LogP contribution in [0.25, 0.3) is 0 Å². The Hall–Kier alpha value is -1.56. The van der Waals surface area contributed by atoms with Gasteiger partial charge in [0.1, 0.15) is 6.54 Å². The first-order valence-corrected chi connectivity index (χ1v) is 7.48. The number of aliphatic imine (C=N–C) groups is 1. The van der Waals surface area contributed by atoms with Crippen molar-refractivity contribution in [1.82, 2.24) is 15.1 Å². The summed E-state index contributed by atoms with van der Waals surface area (Å²) in [5.41, 5.74) is 0.280. The van der Waals surface area contributed by atoms with Gasteiger partial charge in [0.2, 0.25) is 5.91 Å². The molecule has 0 aliphatic carbocycles. The summed E-state index contributed by atoms with van der Waals surface area (Å²) in [6, 6.07) is 0. The van der Waals surface area contributed by atoms with Gasteiger partial charge in [-0.3, -0.25) is 4.79 Å². The predicted molar refractivity (Wildman–Crippen MR) is 83.3 cm³/mol. The molecule has 2 rings (SSSR count). The number of nitrogens with one attached hydrogen (secondary N) is 1. The molecule has 21 heavy (non-hydrogen) atoms. The molecule has 1 amide bonds. The molecular weight excluding hydrogens is 268 g/mol. The van der Waals surface area contributed by atoms with Crippen LogP contribution in [0.4, 0.5) is 0 Å². The Morgan fingerprint density at radius 1 is 1.52 bits per heavy atom. The molecule has 2 heterocycles. The Balaban J connectivity index is 2.00. The smallest absolute Gasteiger partial charge is 0.243 e. The normalized spacial score (nSPS) is 25.4. The number of carbonyl (C=O) groups is 1. The third kappa shape index (κ3) is 3.97. The van der Waals surface area contributed by atoms with Gasteiger partial charge in [-0.1, -0.05) is 6.08 Å².